The SMILES string of the molecule is CCCc1c(N)ncnc1SC(C)CO. The Balaban J connectivity index is 2.89. The molecule has 0 saturated heterocycles. The average molecular weight is 227 g/mol. The van der Waals surface area contributed by atoms with Gasteiger partial charge in [-0.3, -0.25) is 0 Å². The number of anilines is 1. The lowest BCUT2D eigenvalue weighted by atomic mass is 10.2. The second kappa shape index (κ2) is 5.92. The summed E-state index contributed by atoms with van der Waals surface area (Å²) < 4.78 is 0. The molecule has 0 aliphatic rings. The number of aromatic nitrogens is 2. The zero-order valence-electron chi connectivity index (χ0n) is 9.10. The summed E-state index contributed by atoms with van der Waals surface area (Å²) in [6, 6.07) is 0. The van der Waals surface area contributed by atoms with Crippen LogP contribution < -0.4 is 5.73 Å². The molecular weight excluding hydrogens is 210 g/mol. The summed E-state index contributed by atoms with van der Waals surface area (Å²) in [4.78, 5) is 8.19. The summed E-state index contributed by atoms with van der Waals surface area (Å²) in [7, 11) is 0. The van der Waals surface area contributed by atoms with E-state index in [1.54, 1.807) is 11.8 Å². The quantitative estimate of drug-likeness (QED) is 0.589. The van der Waals surface area contributed by atoms with Gasteiger partial charge in [0.25, 0.3) is 0 Å². The highest BCUT2D eigenvalue weighted by Crippen LogP contribution is 2.27. The number of rotatable bonds is 5. The molecule has 0 fully saturated rings. The second-order valence-electron chi connectivity index (χ2n) is 3.40. The summed E-state index contributed by atoms with van der Waals surface area (Å²) in [6.45, 7) is 4.19. The summed E-state index contributed by atoms with van der Waals surface area (Å²) >= 11 is 1.54. The fourth-order valence-corrected chi connectivity index (χ4v) is 2.14. The zero-order chi connectivity index (χ0) is 11.3. The van der Waals surface area contributed by atoms with Gasteiger partial charge >= 0.3 is 0 Å². The van der Waals surface area contributed by atoms with Crippen molar-refractivity contribution in [1.29, 1.82) is 0 Å². The van der Waals surface area contributed by atoms with Crippen LogP contribution in [-0.2, 0) is 6.42 Å². The molecule has 1 unspecified atom stereocenters. The largest absolute Gasteiger partial charge is 0.395 e. The lowest BCUT2D eigenvalue weighted by Crippen LogP contribution is -2.06. The van der Waals surface area contributed by atoms with Gasteiger partial charge in [-0.25, -0.2) is 9.97 Å². The van der Waals surface area contributed by atoms with Gasteiger partial charge < -0.3 is 10.8 Å². The Labute approximate surface area is 94.3 Å². The minimum Gasteiger partial charge on any atom is -0.395 e. The van der Waals surface area contributed by atoms with Gasteiger partial charge in [0.05, 0.1) is 6.61 Å². The molecule has 0 amide bonds. The van der Waals surface area contributed by atoms with Gasteiger partial charge in [-0.1, -0.05) is 20.3 Å². The molecule has 5 heteroatoms. The molecule has 1 aromatic rings. The van der Waals surface area contributed by atoms with Gasteiger partial charge in [-0.05, 0) is 6.42 Å². The van der Waals surface area contributed by atoms with Gasteiger partial charge in [0.1, 0.15) is 17.2 Å². The van der Waals surface area contributed by atoms with E-state index in [1.165, 1.54) is 6.33 Å². The van der Waals surface area contributed by atoms with E-state index in [1.807, 2.05) is 6.92 Å². The van der Waals surface area contributed by atoms with E-state index in [2.05, 4.69) is 16.9 Å². The topological polar surface area (TPSA) is 72.0 Å². The molecule has 0 saturated carbocycles. The number of aliphatic hydroxyl groups is 1. The van der Waals surface area contributed by atoms with E-state index < -0.39 is 0 Å². The number of hydrogen-bond donors (Lipinski definition) is 2. The molecule has 84 valence electrons. The minimum atomic E-state index is 0.134. The summed E-state index contributed by atoms with van der Waals surface area (Å²) in [5.74, 6) is 0.555. The first kappa shape index (κ1) is 12.3. The molecule has 1 rings (SSSR count). The van der Waals surface area contributed by atoms with Crippen molar-refractivity contribution in [2.45, 2.75) is 37.0 Å². The van der Waals surface area contributed by atoms with Crippen LogP contribution in [0, 0.1) is 0 Å². The van der Waals surface area contributed by atoms with Crippen molar-refractivity contribution in [3.05, 3.63) is 11.9 Å². The Morgan fingerprint density at radius 3 is 2.87 bits per heavy atom. The highest BCUT2D eigenvalue weighted by molar-refractivity contribution is 7.99. The molecular formula is C10H17N3OS. The Morgan fingerprint density at radius 1 is 1.53 bits per heavy atom. The number of hydrogen-bond acceptors (Lipinski definition) is 5. The maximum Gasteiger partial charge on any atom is 0.131 e. The zero-order valence-corrected chi connectivity index (χ0v) is 9.92. The van der Waals surface area contributed by atoms with E-state index in [0.717, 1.165) is 23.4 Å². The smallest absolute Gasteiger partial charge is 0.131 e. The first-order valence-electron chi connectivity index (χ1n) is 5.05. The number of nitrogen functional groups attached to an aromatic ring is 1. The van der Waals surface area contributed by atoms with Crippen LogP contribution in [-0.4, -0.2) is 26.9 Å². The number of nitrogens with zero attached hydrogens (tertiary/aromatic N) is 2. The van der Waals surface area contributed by atoms with Gasteiger partial charge in [0, 0.05) is 10.8 Å². The highest BCUT2D eigenvalue weighted by atomic mass is 32.2. The van der Waals surface area contributed by atoms with Crippen molar-refractivity contribution >= 4 is 17.6 Å². The normalized spacial score (nSPS) is 12.7. The average Bonchev–Trinajstić information content (AvgIpc) is 2.23. The summed E-state index contributed by atoms with van der Waals surface area (Å²) in [5, 5.41) is 10.0. The van der Waals surface area contributed by atoms with Crippen LogP contribution in [0.3, 0.4) is 0 Å². The molecule has 0 aliphatic carbocycles. The first-order valence-corrected chi connectivity index (χ1v) is 5.93. The van der Waals surface area contributed by atoms with Crippen LogP contribution in [0.2, 0.25) is 0 Å². The number of aliphatic hydroxyl groups excluding tert-OH is 1. The number of thioether (sulfide) groups is 1. The van der Waals surface area contributed by atoms with Crippen LogP contribution in [0.15, 0.2) is 11.4 Å². The Morgan fingerprint density at radius 2 is 2.27 bits per heavy atom. The molecule has 0 aliphatic heterocycles. The molecule has 0 aromatic carbocycles. The maximum atomic E-state index is 8.99. The summed E-state index contributed by atoms with van der Waals surface area (Å²) in [5.41, 5.74) is 6.80. The van der Waals surface area contributed by atoms with Crippen molar-refractivity contribution in [2.24, 2.45) is 0 Å². The molecule has 1 aromatic heterocycles. The van der Waals surface area contributed by atoms with Crippen molar-refractivity contribution in [1.82, 2.24) is 9.97 Å². The van der Waals surface area contributed by atoms with Crippen LogP contribution in [0.1, 0.15) is 25.8 Å². The van der Waals surface area contributed by atoms with E-state index in [4.69, 9.17) is 10.8 Å². The molecule has 0 bridgehead atoms. The third-order valence-electron chi connectivity index (χ3n) is 2.01. The summed E-state index contributed by atoms with van der Waals surface area (Å²) in [6.07, 6.45) is 3.37. The van der Waals surface area contributed by atoms with E-state index in [9.17, 15) is 0 Å². The molecule has 3 N–H and O–H groups in total. The van der Waals surface area contributed by atoms with Gasteiger partial charge in [-0.2, -0.15) is 0 Å². The molecule has 0 radical (unpaired) electrons. The molecule has 4 nitrogen and oxygen atoms in total. The fraction of sp³-hybridized carbons (Fsp3) is 0.600. The molecule has 15 heavy (non-hydrogen) atoms. The third-order valence-corrected chi connectivity index (χ3v) is 3.14. The maximum absolute atomic E-state index is 8.99. The standard InChI is InChI=1S/C10H17N3OS/c1-3-4-8-9(11)12-6-13-10(8)15-7(2)5-14/h6-7,14H,3-5H2,1-2H3,(H2,11,12,13). The molecule has 1 atom stereocenters. The molecule has 1 heterocycles. The third kappa shape index (κ3) is 3.35. The van der Waals surface area contributed by atoms with Crippen molar-refractivity contribution < 1.29 is 5.11 Å². The predicted octanol–water partition coefficient (Wildman–Crippen LogP) is 1.48. The van der Waals surface area contributed by atoms with Crippen molar-refractivity contribution in [2.75, 3.05) is 12.3 Å². The Bertz CT molecular complexity index is 320. The first-order chi connectivity index (χ1) is 7.19. The van der Waals surface area contributed by atoms with Crippen LogP contribution in [0.25, 0.3) is 0 Å². The Hall–Kier alpha value is -0.810. The second-order valence-corrected chi connectivity index (χ2v) is 4.83. The van der Waals surface area contributed by atoms with Crippen LogP contribution >= 0.6 is 11.8 Å². The fourth-order valence-electron chi connectivity index (χ4n) is 1.22. The van der Waals surface area contributed by atoms with E-state index in [-0.39, 0.29) is 11.9 Å². The van der Waals surface area contributed by atoms with Gasteiger partial charge in [-0.15, -0.1) is 11.8 Å². The van der Waals surface area contributed by atoms with Crippen LogP contribution in [0.5, 0.6) is 0 Å². The number of nitrogens with two attached hydrogens (primary N) is 1. The van der Waals surface area contributed by atoms with Gasteiger partial charge in [0.2, 0.25) is 0 Å². The minimum absolute atomic E-state index is 0.134. The van der Waals surface area contributed by atoms with Gasteiger partial charge in [0.15, 0.2) is 0 Å². The van der Waals surface area contributed by atoms with Crippen molar-refractivity contribution in [3.8, 4) is 0 Å². The monoisotopic (exact) mass is 227 g/mol. The highest BCUT2D eigenvalue weighted by Gasteiger charge is 2.11. The van der Waals surface area contributed by atoms with Crippen LogP contribution in [0.4, 0.5) is 5.82 Å². The van der Waals surface area contributed by atoms with E-state index in [0.29, 0.717) is 5.82 Å². The van der Waals surface area contributed by atoms with E-state index >= 15 is 0 Å². The molecule has 0 spiro atoms. The van der Waals surface area contributed by atoms with Crippen molar-refractivity contribution in [3.63, 3.8) is 0 Å². The Kier molecular flexibility index (Phi) is 4.84. The predicted molar refractivity (Wildman–Crippen MR) is 62.8 cm³/mol. The lowest BCUT2D eigenvalue weighted by Gasteiger charge is -2.11. The lowest BCUT2D eigenvalue weighted by molar-refractivity contribution is 0.300.